The molecule has 9 aromatic carbocycles. The lowest BCUT2D eigenvalue weighted by Gasteiger charge is -2.30. The lowest BCUT2D eigenvalue weighted by molar-refractivity contribution is 0.660. The van der Waals surface area contributed by atoms with Gasteiger partial charge >= 0.3 is 0 Å². The van der Waals surface area contributed by atoms with Crippen molar-refractivity contribution in [1.29, 1.82) is 0 Å². The minimum atomic E-state index is -0.129. The Hall–Kier alpha value is -7.16. The van der Waals surface area contributed by atoms with E-state index in [1.54, 1.807) is 0 Å². The van der Waals surface area contributed by atoms with Crippen molar-refractivity contribution in [3.63, 3.8) is 0 Å². The van der Waals surface area contributed by atoms with Gasteiger partial charge in [-0.05, 0) is 104 Å². The Morgan fingerprint density at radius 3 is 1.68 bits per heavy atom. The molecule has 1 aromatic heterocycles. The van der Waals surface area contributed by atoms with Crippen LogP contribution in [0.25, 0.3) is 71.6 Å². The number of hydrogen-bond donors (Lipinski definition) is 0. The highest BCUT2D eigenvalue weighted by Gasteiger charge is 2.39. The summed E-state index contributed by atoms with van der Waals surface area (Å²) in [5, 5.41) is 4.93. The first-order chi connectivity index (χ1) is 29.3. The molecular formula is C58H44N2. The Morgan fingerprint density at radius 1 is 0.383 bits per heavy atom. The molecule has 2 heteroatoms. The van der Waals surface area contributed by atoms with Gasteiger partial charge in [-0.25, -0.2) is 0 Å². The second-order valence-corrected chi connectivity index (χ2v) is 17.7. The van der Waals surface area contributed by atoms with Gasteiger partial charge in [0.15, 0.2) is 0 Å². The van der Waals surface area contributed by atoms with Crippen LogP contribution in [0, 0.1) is 0 Å². The zero-order valence-electron chi connectivity index (χ0n) is 34.4. The number of para-hydroxylation sites is 2. The number of aromatic nitrogens is 1. The second-order valence-electron chi connectivity index (χ2n) is 17.7. The molecule has 0 N–H and O–H groups in total. The summed E-state index contributed by atoms with van der Waals surface area (Å²) in [5.41, 5.74) is 20.0. The quantitative estimate of drug-likeness (QED) is 0.169. The van der Waals surface area contributed by atoms with Gasteiger partial charge in [0.25, 0.3) is 0 Å². The fourth-order valence-electron chi connectivity index (χ4n) is 10.9. The molecule has 12 rings (SSSR count). The largest absolute Gasteiger partial charge is 0.310 e. The molecule has 2 aliphatic rings. The molecule has 0 spiro atoms. The van der Waals surface area contributed by atoms with Crippen LogP contribution < -0.4 is 4.90 Å². The molecule has 2 nitrogen and oxygen atoms in total. The molecule has 0 amide bonds. The van der Waals surface area contributed by atoms with E-state index in [0.29, 0.717) is 0 Å². The van der Waals surface area contributed by atoms with E-state index >= 15 is 0 Å². The molecule has 0 unspecified atom stereocenters. The van der Waals surface area contributed by atoms with E-state index in [4.69, 9.17) is 0 Å². The Kier molecular flexibility index (Phi) is 7.36. The molecule has 0 saturated carbocycles. The predicted octanol–water partition coefficient (Wildman–Crippen LogP) is 15.7. The summed E-state index contributed by atoms with van der Waals surface area (Å²) in [4.78, 5) is 2.53. The maximum atomic E-state index is 2.53. The van der Waals surface area contributed by atoms with Gasteiger partial charge in [0, 0.05) is 44.1 Å². The van der Waals surface area contributed by atoms with Crippen LogP contribution in [0.1, 0.15) is 49.9 Å². The van der Waals surface area contributed by atoms with Crippen LogP contribution in [0.3, 0.4) is 0 Å². The van der Waals surface area contributed by atoms with Gasteiger partial charge in [0.1, 0.15) is 0 Å². The first kappa shape index (κ1) is 34.8. The highest BCUT2D eigenvalue weighted by molar-refractivity contribution is 6.12. The number of fused-ring (bicyclic) bond motifs is 10. The summed E-state index contributed by atoms with van der Waals surface area (Å²) in [7, 11) is 0. The maximum absolute atomic E-state index is 2.53. The van der Waals surface area contributed by atoms with Crippen molar-refractivity contribution in [3.05, 3.63) is 216 Å². The maximum Gasteiger partial charge on any atom is 0.0547 e. The minimum absolute atomic E-state index is 0.0804. The lowest BCUT2D eigenvalue weighted by Crippen LogP contribution is -2.16. The molecule has 286 valence electrons. The SMILES string of the molecule is CC1(C)c2ccccc2-c2cc(N(c3ccc4ccc(-n5c6ccccc6c6ccccc65)c(-c5ccccc5)c4c3)c3cccc4c3-c3ccccc3C4(C)C)ccc21. The van der Waals surface area contributed by atoms with Crippen LogP contribution in [0.4, 0.5) is 17.1 Å². The molecule has 0 fully saturated rings. The smallest absolute Gasteiger partial charge is 0.0547 e. The Labute approximate surface area is 351 Å². The summed E-state index contributed by atoms with van der Waals surface area (Å²) >= 11 is 0. The first-order valence-corrected chi connectivity index (χ1v) is 21.2. The second kappa shape index (κ2) is 12.7. The van der Waals surface area contributed by atoms with Crippen molar-refractivity contribution >= 4 is 49.6 Å². The molecule has 0 saturated heterocycles. The Morgan fingerprint density at radius 2 is 0.933 bits per heavy atom. The Balaban J connectivity index is 1.16. The van der Waals surface area contributed by atoms with Gasteiger partial charge < -0.3 is 9.47 Å². The number of hydrogen-bond acceptors (Lipinski definition) is 1. The number of rotatable bonds is 5. The molecule has 1 heterocycles. The highest BCUT2D eigenvalue weighted by Crippen LogP contribution is 2.56. The zero-order valence-corrected chi connectivity index (χ0v) is 34.4. The fraction of sp³-hybridized carbons (Fsp3) is 0.103. The van der Waals surface area contributed by atoms with Crippen LogP contribution in [0.5, 0.6) is 0 Å². The average Bonchev–Trinajstić information content (AvgIpc) is 3.83. The van der Waals surface area contributed by atoms with E-state index in [-0.39, 0.29) is 10.8 Å². The molecule has 0 radical (unpaired) electrons. The lowest BCUT2D eigenvalue weighted by atomic mass is 9.82. The van der Waals surface area contributed by atoms with Gasteiger partial charge in [-0.1, -0.05) is 173 Å². The molecule has 0 atom stereocenters. The monoisotopic (exact) mass is 768 g/mol. The zero-order chi connectivity index (χ0) is 40.3. The van der Waals surface area contributed by atoms with Crippen molar-refractivity contribution in [2.24, 2.45) is 0 Å². The van der Waals surface area contributed by atoms with Crippen LogP contribution in [-0.4, -0.2) is 4.57 Å². The van der Waals surface area contributed by atoms with Crippen LogP contribution >= 0.6 is 0 Å². The van der Waals surface area contributed by atoms with Crippen molar-refractivity contribution in [2.45, 2.75) is 38.5 Å². The summed E-state index contributed by atoms with van der Waals surface area (Å²) in [6.07, 6.45) is 0. The first-order valence-electron chi connectivity index (χ1n) is 21.2. The molecule has 10 aromatic rings. The standard InChI is InChI=1S/C58H44N2/c1-57(2)47-23-12-8-19-41(47)46-36-40(32-33-49(46)57)59(53-28-16-25-50-56(53)44-22-9-13-24-48(44)58(50,3)4)39-31-29-37-30-34-54(55(45(37)35-39)38-17-6-5-7-18-38)60-51-26-14-10-20-42(51)43-21-11-15-27-52(43)60/h5-36H,1-4H3. The van der Waals surface area contributed by atoms with Crippen molar-refractivity contribution in [1.82, 2.24) is 4.57 Å². The fourth-order valence-corrected chi connectivity index (χ4v) is 10.9. The number of anilines is 3. The molecule has 0 aliphatic heterocycles. The van der Waals surface area contributed by atoms with Crippen LogP contribution in [0.2, 0.25) is 0 Å². The van der Waals surface area contributed by atoms with Crippen LogP contribution in [-0.2, 0) is 10.8 Å². The summed E-state index contributed by atoms with van der Waals surface area (Å²) < 4.78 is 2.47. The van der Waals surface area contributed by atoms with Gasteiger partial charge in [0.05, 0.1) is 22.4 Å². The van der Waals surface area contributed by atoms with Gasteiger partial charge in [0.2, 0.25) is 0 Å². The predicted molar refractivity (Wildman–Crippen MR) is 254 cm³/mol. The third-order valence-electron chi connectivity index (χ3n) is 13.8. The van der Waals surface area contributed by atoms with E-state index in [1.807, 2.05) is 0 Å². The van der Waals surface area contributed by atoms with Gasteiger partial charge in [-0.3, -0.25) is 0 Å². The summed E-state index contributed by atoms with van der Waals surface area (Å²) in [6, 6.07) is 72.4. The van der Waals surface area contributed by atoms with E-state index in [9.17, 15) is 0 Å². The Bertz CT molecular complexity index is 3330. The van der Waals surface area contributed by atoms with Crippen molar-refractivity contribution in [2.75, 3.05) is 4.90 Å². The van der Waals surface area contributed by atoms with Gasteiger partial charge in [-0.15, -0.1) is 0 Å². The van der Waals surface area contributed by atoms with E-state index < -0.39 is 0 Å². The highest BCUT2D eigenvalue weighted by atomic mass is 15.1. The summed E-state index contributed by atoms with van der Waals surface area (Å²) in [6.45, 7) is 9.47. The third kappa shape index (κ3) is 4.82. The average molecular weight is 769 g/mol. The van der Waals surface area contributed by atoms with Crippen molar-refractivity contribution in [3.8, 4) is 39.1 Å². The van der Waals surface area contributed by atoms with E-state index in [0.717, 1.165) is 11.4 Å². The van der Waals surface area contributed by atoms with Crippen LogP contribution in [0.15, 0.2) is 194 Å². The normalized spacial score (nSPS) is 14.3. The van der Waals surface area contributed by atoms with Crippen molar-refractivity contribution < 1.29 is 0 Å². The topological polar surface area (TPSA) is 8.17 Å². The third-order valence-corrected chi connectivity index (χ3v) is 13.8. The van der Waals surface area contributed by atoms with E-state index in [2.05, 4.69) is 231 Å². The molecule has 0 bridgehead atoms. The summed E-state index contributed by atoms with van der Waals surface area (Å²) in [5.74, 6) is 0. The number of benzene rings is 9. The molecule has 60 heavy (non-hydrogen) atoms. The molecular weight excluding hydrogens is 725 g/mol. The minimum Gasteiger partial charge on any atom is -0.310 e. The number of nitrogens with zero attached hydrogens (tertiary/aromatic N) is 2. The van der Waals surface area contributed by atoms with Gasteiger partial charge in [-0.2, -0.15) is 0 Å². The van der Waals surface area contributed by atoms with E-state index in [1.165, 1.54) is 99.6 Å². The molecule has 2 aliphatic carbocycles.